The van der Waals surface area contributed by atoms with E-state index >= 15 is 0 Å². The lowest BCUT2D eigenvalue weighted by Gasteiger charge is -2.24. The maximum atomic E-state index is 13.9. The van der Waals surface area contributed by atoms with Crippen LogP contribution in [0.3, 0.4) is 0 Å². The Hall–Kier alpha value is -2.69. The molecule has 2 aromatic carbocycles. The van der Waals surface area contributed by atoms with Crippen LogP contribution in [-0.2, 0) is 22.6 Å². The first-order valence-corrected chi connectivity index (χ1v) is 9.39. The summed E-state index contributed by atoms with van der Waals surface area (Å²) in [6.07, 6.45) is 1.31. The van der Waals surface area contributed by atoms with Gasteiger partial charge in [-0.1, -0.05) is 48.5 Å². The fraction of sp³-hybridized carbons (Fsp3) is 0.364. The Morgan fingerprint density at radius 3 is 2.56 bits per heavy atom. The fourth-order valence-corrected chi connectivity index (χ4v) is 3.56. The number of carbonyl (C=O) groups is 2. The van der Waals surface area contributed by atoms with Crippen LogP contribution in [0.4, 0.5) is 4.39 Å². The van der Waals surface area contributed by atoms with Crippen LogP contribution in [0.2, 0.25) is 0 Å². The van der Waals surface area contributed by atoms with E-state index in [-0.39, 0.29) is 36.6 Å². The van der Waals surface area contributed by atoms with Crippen molar-refractivity contribution in [2.75, 3.05) is 19.6 Å². The highest BCUT2D eigenvalue weighted by molar-refractivity contribution is 5.86. The highest BCUT2D eigenvalue weighted by Gasteiger charge is 2.31. The van der Waals surface area contributed by atoms with Crippen molar-refractivity contribution in [3.8, 4) is 0 Å². The molecule has 2 amide bonds. The van der Waals surface area contributed by atoms with Crippen LogP contribution in [0.5, 0.6) is 0 Å². The van der Waals surface area contributed by atoms with Gasteiger partial charge in [0.2, 0.25) is 11.8 Å². The third kappa shape index (κ3) is 4.94. The van der Waals surface area contributed by atoms with Gasteiger partial charge in [-0.05, 0) is 30.9 Å². The summed E-state index contributed by atoms with van der Waals surface area (Å²) in [5, 5.41) is 0. The second-order valence-electron chi connectivity index (χ2n) is 7.03. The minimum atomic E-state index is -0.316. The first-order chi connectivity index (χ1) is 13.1. The molecule has 0 N–H and O–H groups in total. The smallest absolute Gasteiger partial charge is 0.242 e. The number of likely N-dealkylation sites (tertiary alicyclic amines) is 1. The van der Waals surface area contributed by atoms with Crippen LogP contribution in [0.1, 0.15) is 24.5 Å². The molecule has 0 radical (unpaired) electrons. The summed E-state index contributed by atoms with van der Waals surface area (Å²) in [6, 6.07) is 16.6. The standard InChI is InChI=1S/C22H25FN2O2/c1-2-24(15-19-10-6-7-11-20(19)23)22(27)16-25-14-18(13-21(25)26)12-17-8-4-3-5-9-17/h3-11,18H,2,12-16H2,1H3/t18-/m0/s1. The molecule has 2 aromatic rings. The Balaban J connectivity index is 1.57. The quantitative estimate of drug-likeness (QED) is 0.753. The van der Waals surface area contributed by atoms with Gasteiger partial charge in [0.15, 0.2) is 0 Å². The minimum Gasteiger partial charge on any atom is -0.337 e. The zero-order valence-electron chi connectivity index (χ0n) is 15.6. The average Bonchev–Trinajstić information content (AvgIpc) is 3.00. The van der Waals surface area contributed by atoms with Crippen molar-refractivity contribution < 1.29 is 14.0 Å². The molecule has 27 heavy (non-hydrogen) atoms. The van der Waals surface area contributed by atoms with Gasteiger partial charge in [-0.25, -0.2) is 4.39 Å². The van der Waals surface area contributed by atoms with Gasteiger partial charge in [-0.3, -0.25) is 9.59 Å². The second kappa shape index (κ2) is 8.80. The molecule has 1 heterocycles. The monoisotopic (exact) mass is 368 g/mol. The molecule has 0 aromatic heterocycles. The summed E-state index contributed by atoms with van der Waals surface area (Å²) < 4.78 is 13.9. The van der Waals surface area contributed by atoms with Gasteiger partial charge in [0.1, 0.15) is 5.82 Å². The molecule has 1 saturated heterocycles. The van der Waals surface area contributed by atoms with Gasteiger partial charge in [0.25, 0.3) is 0 Å². The zero-order valence-corrected chi connectivity index (χ0v) is 15.6. The van der Waals surface area contributed by atoms with Crippen molar-refractivity contribution in [2.24, 2.45) is 5.92 Å². The summed E-state index contributed by atoms with van der Waals surface area (Å²) in [5.74, 6) is -0.209. The predicted octanol–water partition coefficient (Wildman–Crippen LogP) is 3.27. The fourth-order valence-electron chi connectivity index (χ4n) is 3.56. The number of likely N-dealkylation sites (N-methyl/N-ethyl adjacent to an activating group) is 1. The van der Waals surface area contributed by atoms with Crippen LogP contribution in [0, 0.1) is 11.7 Å². The Bertz CT molecular complexity index is 794. The molecule has 4 nitrogen and oxygen atoms in total. The SMILES string of the molecule is CCN(Cc1ccccc1F)C(=O)CN1C[C@@H](Cc2ccccc2)CC1=O. The summed E-state index contributed by atoms with van der Waals surface area (Å²) in [6.45, 7) is 3.21. The molecule has 3 rings (SSSR count). The molecule has 0 unspecified atom stereocenters. The van der Waals surface area contributed by atoms with Gasteiger partial charge in [-0.2, -0.15) is 0 Å². The van der Waals surface area contributed by atoms with Crippen LogP contribution in [-0.4, -0.2) is 41.2 Å². The van der Waals surface area contributed by atoms with Crippen LogP contribution >= 0.6 is 0 Å². The van der Waals surface area contributed by atoms with Gasteiger partial charge in [0.05, 0.1) is 6.54 Å². The maximum absolute atomic E-state index is 13.9. The number of hydrogen-bond donors (Lipinski definition) is 0. The van der Waals surface area contributed by atoms with Crippen LogP contribution in [0.15, 0.2) is 54.6 Å². The third-order valence-electron chi connectivity index (χ3n) is 5.04. The summed E-state index contributed by atoms with van der Waals surface area (Å²) in [4.78, 5) is 28.2. The lowest BCUT2D eigenvalue weighted by Crippen LogP contribution is -2.40. The van der Waals surface area contributed by atoms with E-state index in [2.05, 4.69) is 12.1 Å². The van der Waals surface area contributed by atoms with E-state index in [1.807, 2.05) is 25.1 Å². The number of carbonyl (C=O) groups excluding carboxylic acids is 2. The van der Waals surface area contributed by atoms with Gasteiger partial charge < -0.3 is 9.80 Å². The van der Waals surface area contributed by atoms with Gasteiger partial charge in [-0.15, -0.1) is 0 Å². The lowest BCUT2D eigenvalue weighted by atomic mass is 9.99. The van der Waals surface area contributed by atoms with E-state index in [9.17, 15) is 14.0 Å². The van der Waals surface area contributed by atoms with Crippen molar-refractivity contribution in [3.05, 3.63) is 71.5 Å². The van der Waals surface area contributed by atoms with E-state index in [0.29, 0.717) is 25.1 Å². The lowest BCUT2D eigenvalue weighted by molar-refractivity contribution is -0.138. The first kappa shape index (κ1) is 19.1. The summed E-state index contributed by atoms with van der Waals surface area (Å²) in [7, 11) is 0. The highest BCUT2D eigenvalue weighted by Crippen LogP contribution is 2.22. The normalized spacial score (nSPS) is 16.6. The summed E-state index contributed by atoms with van der Waals surface area (Å²) in [5.41, 5.74) is 1.70. The molecule has 0 aliphatic carbocycles. The molecule has 1 aliphatic heterocycles. The molecule has 0 saturated carbocycles. The van der Waals surface area contributed by atoms with Crippen molar-refractivity contribution in [2.45, 2.75) is 26.3 Å². The molecule has 5 heteroatoms. The van der Waals surface area contributed by atoms with Gasteiger partial charge >= 0.3 is 0 Å². The molecular weight excluding hydrogens is 343 g/mol. The van der Waals surface area contributed by atoms with Crippen molar-refractivity contribution >= 4 is 11.8 Å². The average molecular weight is 368 g/mol. The number of benzene rings is 2. The second-order valence-corrected chi connectivity index (χ2v) is 7.03. The number of halogens is 1. The van der Waals surface area contributed by atoms with E-state index in [1.165, 1.54) is 11.6 Å². The van der Waals surface area contributed by atoms with Crippen molar-refractivity contribution in [1.82, 2.24) is 9.80 Å². The molecular formula is C22H25FN2O2. The summed E-state index contributed by atoms with van der Waals surface area (Å²) >= 11 is 0. The molecule has 0 spiro atoms. The van der Waals surface area contributed by atoms with E-state index < -0.39 is 0 Å². The molecule has 142 valence electrons. The maximum Gasteiger partial charge on any atom is 0.242 e. The molecule has 1 aliphatic rings. The van der Waals surface area contributed by atoms with Crippen LogP contribution in [0.25, 0.3) is 0 Å². The van der Waals surface area contributed by atoms with Crippen molar-refractivity contribution in [3.63, 3.8) is 0 Å². The number of rotatable bonds is 7. The molecule has 1 fully saturated rings. The number of hydrogen-bond acceptors (Lipinski definition) is 2. The van der Waals surface area contributed by atoms with E-state index in [0.717, 1.165) is 6.42 Å². The minimum absolute atomic E-state index is 0.0197. The van der Waals surface area contributed by atoms with Crippen LogP contribution < -0.4 is 0 Å². The first-order valence-electron chi connectivity index (χ1n) is 9.39. The van der Waals surface area contributed by atoms with Crippen molar-refractivity contribution in [1.29, 1.82) is 0 Å². The van der Waals surface area contributed by atoms with E-state index in [1.54, 1.807) is 28.0 Å². The Labute approximate surface area is 159 Å². The topological polar surface area (TPSA) is 40.6 Å². The molecule has 0 bridgehead atoms. The number of nitrogens with zero attached hydrogens (tertiary/aromatic N) is 2. The Morgan fingerprint density at radius 1 is 1.15 bits per heavy atom. The van der Waals surface area contributed by atoms with Gasteiger partial charge in [0, 0.05) is 31.6 Å². The van der Waals surface area contributed by atoms with E-state index in [4.69, 9.17) is 0 Å². The molecule has 1 atom stereocenters. The number of amides is 2. The third-order valence-corrected chi connectivity index (χ3v) is 5.04. The Kier molecular flexibility index (Phi) is 6.22. The Morgan fingerprint density at radius 2 is 1.85 bits per heavy atom. The zero-order chi connectivity index (χ0) is 19.2. The largest absolute Gasteiger partial charge is 0.337 e. The highest BCUT2D eigenvalue weighted by atomic mass is 19.1. The predicted molar refractivity (Wildman–Crippen MR) is 102 cm³/mol.